The number of anilines is 1. The SMILES string of the molecule is CC(C)(CC1CC(Oc2ccc(C(C)(C)c3ccc(Oc4nccc(N5CC6(COC6)C5)n4)cc3)cc2)C1)OC(N)=O. The molecular formula is C33H40N4O5. The molecule has 6 rings (SSSR count). The number of primary amides is 1. The van der Waals surface area contributed by atoms with Crippen LogP contribution in [0.2, 0.25) is 0 Å². The average molecular weight is 573 g/mol. The quantitative estimate of drug-likeness (QED) is 0.322. The Morgan fingerprint density at radius 1 is 0.976 bits per heavy atom. The molecule has 0 radical (unpaired) electrons. The van der Waals surface area contributed by atoms with Gasteiger partial charge in [-0.1, -0.05) is 38.1 Å². The van der Waals surface area contributed by atoms with Gasteiger partial charge in [-0.2, -0.15) is 4.98 Å². The van der Waals surface area contributed by atoms with Crippen LogP contribution in [-0.2, 0) is 14.9 Å². The van der Waals surface area contributed by atoms with Gasteiger partial charge in [0, 0.05) is 24.7 Å². The second-order valence-corrected chi connectivity index (χ2v) is 13.3. The van der Waals surface area contributed by atoms with E-state index in [2.05, 4.69) is 53.0 Å². The fourth-order valence-corrected chi connectivity index (χ4v) is 6.36. The Bertz CT molecular complexity index is 1410. The van der Waals surface area contributed by atoms with Gasteiger partial charge >= 0.3 is 12.1 Å². The highest BCUT2D eigenvalue weighted by molar-refractivity contribution is 5.65. The molecule has 1 aromatic heterocycles. The maximum Gasteiger partial charge on any atom is 0.405 e. The molecule has 2 N–H and O–H groups in total. The van der Waals surface area contributed by atoms with Crippen LogP contribution in [0.15, 0.2) is 60.8 Å². The number of nitrogens with two attached hydrogens (primary N) is 1. The van der Waals surface area contributed by atoms with Crippen molar-refractivity contribution in [3.63, 3.8) is 0 Å². The molecule has 2 aliphatic heterocycles. The van der Waals surface area contributed by atoms with E-state index in [1.165, 1.54) is 11.1 Å². The number of amides is 1. The zero-order chi connectivity index (χ0) is 29.5. The van der Waals surface area contributed by atoms with Crippen molar-refractivity contribution in [3.8, 4) is 17.5 Å². The van der Waals surface area contributed by atoms with Gasteiger partial charge in [0.1, 0.15) is 22.9 Å². The predicted molar refractivity (Wildman–Crippen MR) is 159 cm³/mol. The summed E-state index contributed by atoms with van der Waals surface area (Å²) >= 11 is 0. The number of hydrogen-bond acceptors (Lipinski definition) is 8. The Kier molecular flexibility index (Phi) is 7.25. The van der Waals surface area contributed by atoms with Gasteiger partial charge in [-0.15, -0.1) is 0 Å². The lowest BCUT2D eigenvalue weighted by Crippen LogP contribution is -2.66. The number of carbonyl (C=O) groups excluding carboxylic acids is 1. The number of benzene rings is 2. The van der Waals surface area contributed by atoms with Crippen LogP contribution in [0.25, 0.3) is 0 Å². The predicted octanol–water partition coefficient (Wildman–Crippen LogP) is 5.85. The molecule has 3 heterocycles. The van der Waals surface area contributed by atoms with Crippen LogP contribution in [0.1, 0.15) is 58.1 Å². The molecule has 2 aromatic carbocycles. The van der Waals surface area contributed by atoms with Crippen LogP contribution in [0, 0.1) is 11.3 Å². The summed E-state index contributed by atoms with van der Waals surface area (Å²) in [6, 6.07) is 18.8. The number of aromatic nitrogens is 2. The van der Waals surface area contributed by atoms with Crippen LogP contribution < -0.4 is 20.1 Å². The van der Waals surface area contributed by atoms with E-state index in [0.29, 0.717) is 23.1 Å². The van der Waals surface area contributed by atoms with Gasteiger partial charge in [0.05, 0.1) is 24.7 Å². The molecule has 1 amide bonds. The molecule has 3 fully saturated rings. The molecule has 3 aromatic rings. The van der Waals surface area contributed by atoms with Gasteiger partial charge in [0.15, 0.2) is 0 Å². The van der Waals surface area contributed by atoms with Crippen LogP contribution >= 0.6 is 0 Å². The highest BCUT2D eigenvalue weighted by Crippen LogP contribution is 2.41. The molecule has 9 nitrogen and oxygen atoms in total. The minimum absolute atomic E-state index is 0.176. The normalized spacial score (nSPS) is 21.1. The maximum atomic E-state index is 11.1. The van der Waals surface area contributed by atoms with Crippen molar-refractivity contribution < 1.29 is 23.7 Å². The van der Waals surface area contributed by atoms with Gasteiger partial charge < -0.3 is 29.6 Å². The van der Waals surface area contributed by atoms with E-state index >= 15 is 0 Å². The number of hydrogen-bond donors (Lipinski definition) is 1. The summed E-state index contributed by atoms with van der Waals surface area (Å²) < 4.78 is 22.8. The van der Waals surface area contributed by atoms with Crippen LogP contribution in [0.3, 0.4) is 0 Å². The molecule has 0 unspecified atom stereocenters. The minimum Gasteiger partial charge on any atom is -0.490 e. The van der Waals surface area contributed by atoms with Gasteiger partial charge in [-0.05, 0) is 80.5 Å². The lowest BCUT2D eigenvalue weighted by molar-refractivity contribution is -0.127. The molecule has 1 aliphatic carbocycles. The van der Waals surface area contributed by atoms with Crippen molar-refractivity contribution in [2.45, 2.75) is 64.1 Å². The Hall–Kier alpha value is -3.85. The summed E-state index contributed by atoms with van der Waals surface area (Å²) in [5.41, 5.74) is 7.12. The highest BCUT2D eigenvalue weighted by atomic mass is 16.6. The summed E-state index contributed by atoms with van der Waals surface area (Å²) in [7, 11) is 0. The third-order valence-corrected chi connectivity index (χ3v) is 8.83. The summed E-state index contributed by atoms with van der Waals surface area (Å²) in [6.07, 6.45) is 3.86. The number of carbonyl (C=O) groups is 1. The van der Waals surface area contributed by atoms with Crippen molar-refractivity contribution in [1.82, 2.24) is 9.97 Å². The van der Waals surface area contributed by atoms with Crippen molar-refractivity contribution in [2.75, 3.05) is 31.2 Å². The van der Waals surface area contributed by atoms with E-state index in [-0.39, 0.29) is 11.5 Å². The summed E-state index contributed by atoms with van der Waals surface area (Å²) in [4.78, 5) is 22.3. The van der Waals surface area contributed by atoms with E-state index in [1.54, 1.807) is 6.20 Å². The lowest BCUT2D eigenvalue weighted by atomic mass is 9.76. The number of ether oxygens (including phenoxy) is 4. The van der Waals surface area contributed by atoms with Crippen molar-refractivity contribution >= 4 is 11.9 Å². The Balaban J connectivity index is 1.01. The van der Waals surface area contributed by atoms with Gasteiger partial charge in [-0.3, -0.25) is 0 Å². The highest BCUT2D eigenvalue weighted by Gasteiger charge is 2.49. The first-order chi connectivity index (χ1) is 20.0. The zero-order valence-corrected chi connectivity index (χ0v) is 24.8. The molecule has 222 valence electrons. The first-order valence-corrected chi connectivity index (χ1v) is 14.7. The molecule has 9 heteroatoms. The molecule has 0 bridgehead atoms. The third kappa shape index (κ3) is 6.02. The van der Waals surface area contributed by atoms with Gasteiger partial charge in [0.25, 0.3) is 0 Å². The first kappa shape index (κ1) is 28.3. The molecule has 0 atom stereocenters. The summed E-state index contributed by atoms with van der Waals surface area (Å²) in [6.45, 7) is 11.8. The monoisotopic (exact) mass is 572 g/mol. The van der Waals surface area contributed by atoms with Gasteiger partial charge in [-0.25, -0.2) is 9.78 Å². The fraction of sp³-hybridized carbons (Fsp3) is 0.485. The van der Waals surface area contributed by atoms with Crippen LogP contribution in [-0.4, -0.2) is 54.1 Å². The van der Waals surface area contributed by atoms with E-state index in [0.717, 1.165) is 57.1 Å². The third-order valence-electron chi connectivity index (χ3n) is 8.83. The van der Waals surface area contributed by atoms with Crippen molar-refractivity contribution in [1.29, 1.82) is 0 Å². The van der Waals surface area contributed by atoms with E-state index in [4.69, 9.17) is 24.7 Å². The maximum absolute atomic E-state index is 11.1. The van der Waals surface area contributed by atoms with Crippen molar-refractivity contribution in [3.05, 3.63) is 71.9 Å². The van der Waals surface area contributed by atoms with E-state index in [9.17, 15) is 4.79 Å². The molecule has 3 aliphatic rings. The second-order valence-electron chi connectivity index (χ2n) is 13.3. The van der Waals surface area contributed by atoms with E-state index < -0.39 is 11.7 Å². The largest absolute Gasteiger partial charge is 0.490 e. The topological polar surface area (TPSA) is 109 Å². The number of rotatable bonds is 10. The average Bonchev–Trinajstić information content (AvgIpc) is 2.86. The fourth-order valence-electron chi connectivity index (χ4n) is 6.36. The minimum atomic E-state index is -0.727. The van der Waals surface area contributed by atoms with Crippen LogP contribution in [0.4, 0.5) is 10.6 Å². The summed E-state index contributed by atoms with van der Waals surface area (Å²) in [5.74, 6) is 2.91. The van der Waals surface area contributed by atoms with Crippen LogP contribution in [0.5, 0.6) is 17.5 Å². The number of nitrogens with zero attached hydrogens (tertiary/aromatic N) is 3. The second kappa shape index (κ2) is 10.8. The molecule has 42 heavy (non-hydrogen) atoms. The Labute approximate surface area is 247 Å². The lowest BCUT2D eigenvalue weighted by Gasteiger charge is -2.55. The molecule has 2 saturated heterocycles. The Morgan fingerprint density at radius 2 is 1.60 bits per heavy atom. The van der Waals surface area contributed by atoms with E-state index in [1.807, 2.05) is 44.2 Å². The molecule has 1 saturated carbocycles. The van der Waals surface area contributed by atoms with Gasteiger partial charge in [0.2, 0.25) is 0 Å². The first-order valence-electron chi connectivity index (χ1n) is 14.7. The Morgan fingerprint density at radius 3 is 2.17 bits per heavy atom. The summed E-state index contributed by atoms with van der Waals surface area (Å²) in [5, 5.41) is 0. The zero-order valence-electron chi connectivity index (χ0n) is 24.8. The smallest absolute Gasteiger partial charge is 0.405 e. The molecular weight excluding hydrogens is 532 g/mol. The molecule has 1 spiro atoms. The van der Waals surface area contributed by atoms with Crippen molar-refractivity contribution in [2.24, 2.45) is 17.1 Å². The standard InChI is InChI=1S/C33H40N4O5/c1-31(2,42-29(34)38)17-22-15-27(16-22)40-25-9-5-23(6-10-25)32(3,4)24-7-11-26(12-8-24)41-30-35-14-13-28(36-30)37-18-33(19-37)20-39-21-33/h5-14,22,27H,15-21H2,1-4H3,(H2,34,38).